The summed E-state index contributed by atoms with van der Waals surface area (Å²) in [5.74, 6) is -1.29. The smallest absolute Gasteiger partial charge is 0.307 e. The van der Waals surface area contributed by atoms with Crippen LogP contribution in [-0.2, 0) is 14.3 Å². The SMILES string of the molecule is CN(CCOCC1CC1)C(=O)C1CC=CCC1C(=O)O. The van der Waals surface area contributed by atoms with Crippen molar-refractivity contribution in [2.24, 2.45) is 17.8 Å². The Kier molecular flexibility index (Phi) is 5.17. The Labute approximate surface area is 119 Å². The van der Waals surface area contributed by atoms with Gasteiger partial charge in [0, 0.05) is 20.2 Å². The van der Waals surface area contributed by atoms with E-state index in [0.29, 0.717) is 26.0 Å². The molecule has 1 N–H and O–H groups in total. The Morgan fingerprint density at radius 1 is 1.25 bits per heavy atom. The van der Waals surface area contributed by atoms with E-state index in [-0.39, 0.29) is 5.91 Å². The molecule has 2 unspecified atom stereocenters. The van der Waals surface area contributed by atoms with E-state index in [4.69, 9.17) is 4.74 Å². The third-order valence-corrected chi connectivity index (χ3v) is 4.06. The zero-order valence-electron chi connectivity index (χ0n) is 12.0. The number of amides is 1. The summed E-state index contributed by atoms with van der Waals surface area (Å²) in [6.07, 6.45) is 7.22. The van der Waals surface area contributed by atoms with Gasteiger partial charge in [-0.2, -0.15) is 0 Å². The minimum atomic E-state index is -0.883. The summed E-state index contributed by atoms with van der Waals surface area (Å²) in [6.45, 7) is 1.84. The number of carboxylic acids is 1. The number of hydrogen-bond donors (Lipinski definition) is 1. The lowest BCUT2D eigenvalue weighted by molar-refractivity contribution is -0.150. The van der Waals surface area contributed by atoms with Gasteiger partial charge >= 0.3 is 5.97 Å². The lowest BCUT2D eigenvalue weighted by Crippen LogP contribution is -2.41. The predicted octanol–water partition coefficient (Wildman–Crippen LogP) is 1.54. The van der Waals surface area contributed by atoms with E-state index in [1.807, 2.05) is 12.2 Å². The van der Waals surface area contributed by atoms with Gasteiger partial charge in [-0.1, -0.05) is 12.2 Å². The van der Waals surface area contributed by atoms with Gasteiger partial charge in [0.15, 0.2) is 0 Å². The molecule has 0 aliphatic heterocycles. The first-order chi connectivity index (χ1) is 9.59. The van der Waals surface area contributed by atoms with E-state index < -0.39 is 17.8 Å². The summed E-state index contributed by atoms with van der Waals surface area (Å²) in [6, 6.07) is 0. The van der Waals surface area contributed by atoms with Crippen LogP contribution >= 0.6 is 0 Å². The summed E-state index contributed by atoms with van der Waals surface area (Å²) < 4.78 is 5.52. The van der Waals surface area contributed by atoms with Gasteiger partial charge in [-0.05, 0) is 31.6 Å². The minimum absolute atomic E-state index is 0.0863. The molecule has 2 rings (SSSR count). The molecule has 0 spiro atoms. The number of hydrogen-bond acceptors (Lipinski definition) is 3. The largest absolute Gasteiger partial charge is 0.481 e. The highest BCUT2D eigenvalue weighted by Crippen LogP contribution is 2.29. The molecule has 0 aromatic heterocycles. The van der Waals surface area contributed by atoms with E-state index in [1.165, 1.54) is 12.8 Å². The molecule has 1 saturated carbocycles. The highest BCUT2D eigenvalue weighted by molar-refractivity contribution is 5.85. The Morgan fingerprint density at radius 2 is 1.90 bits per heavy atom. The molecule has 2 aliphatic carbocycles. The van der Waals surface area contributed by atoms with Gasteiger partial charge in [0.05, 0.1) is 18.4 Å². The molecule has 112 valence electrons. The summed E-state index contributed by atoms with van der Waals surface area (Å²) >= 11 is 0. The zero-order valence-corrected chi connectivity index (χ0v) is 12.0. The van der Waals surface area contributed by atoms with Crippen molar-refractivity contribution in [3.63, 3.8) is 0 Å². The van der Waals surface area contributed by atoms with Crippen molar-refractivity contribution in [2.45, 2.75) is 25.7 Å². The Bertz CT molecular complexity index is 389. The molecular weight excluding hydrogens is 258 g/mol. The molecule has 0 saturated heterocycles. The molecule has 5 nitrogen and oxygen atoms in total. The van der Waals surface area contributed by atoms with E-state index in [9.17, 15) is 14.7 Å². The van der Waals surface area contributed by atoms with Crippen molar-refractivity contribution in [2.75, 3.05) is 26.8 Å². The number of carboxylic acid groups (broad SMARTS) is 1. The van der Waals surface area contributed by atoms with Crippen LogP contribution in [0.25, 0.3) is 0 Å². The number of carbonyl (C=O) groups excluding carboxylic acids is 1. The first-order valence-electron chi connectivity index (χ1n) is 7.30. The third-order valence-electron chi connectivity index (χ3n) is 4.06. The summed E-state index contributed by atoms with van der Waals surface area (Å²) in [4.78, 5) is 25.1. The van der Waals surface area contributed by atoms with Crippen molar-refractivity contribution in [1.82, 2.24) is 4.90 Å². The summed E-state index contributed by atoms with van der Waals surface area (Å²) in [5, 5.41) is 9.19. The lowest BCUT2D eigenvalue weighted by Gasteiger charge is -2.28. The maximum Gasteiger partial charge on any atom is 0.307 e. The quantitative estimate of drug-likeness (QED) is 0.568. The first-order valence-corrected chi connectivity index (χ1v) is 7.30. The monoisotopic (exact) mass is 281 g/mol. The van der Waals surface area contributed by atoms with Crippen LogP contribution in [0.3, 0.4) is 0 Å². The van der Waals surface area contributed by atoms with Gasteiger partial charge in [-0.25, -0.2) is 0 Å². The number of ether oxygens (including phenoxy) is 1. The molecule has 20 heavy (non-hydrogen) atoms. The average molecular weight is 281 g/mol. The van der Waals surface area contributed by atoms with E-state index in [0.717, 1.165) is 12.5 Å². The molecule has 0 heterocycles. The van der Waals surface area contributed by atoms with Gasteiger partial charge in [-0.3, -0.25) is 9.59 Å². The maximum absolute atomic E-state index is 12.3. The van der Waals surface area contributed by atoms with Gasteiger partial charge in [0.2, 0.25) is 5.91 Å². The van der Waals surface area contributed by atoms with E-state index in [1.54, 1.807) is 11.9 Å². The second-order valence-corrected chi connectivity index (χ2v) is 5.77. The Hall–Kier alpha value is -1.36. The van der Waals surface area contributed by atoms with E-state index >= 15 is 0 Å². The molecule has 0 aromatic carbocycles. The number of allylic oxidation sites excluding steroid dienone is 2. The van der Waals surface area contributed by atoms with E-state index in [2.05, 4.69) is 0 Å². The predicted molar refractivity (Wildman–Crippen MR) is 74.2 cm³/mol. The minimum Gasteiger partial charge on any atom is -0.481 e. The number of nitrogens with zero attached hydrogens (tertiary/aromatic N) is 1. The fourth-order valence-electron chi connectivity index (χ4n) is 2.49. The number of aliphatic carboxylic acids is 1. The molecule has 5 heteroatoms. The maximum atomic E-state index is 12.3. The normalized spacial score (nSPS) is 25.4. The second kappa shape index (κ2) is 6.88. The number of carbonyl (C=O) groups is 2. The van der Waals surface area contributed by atoms with Crippen LogP contribution in [0.4, 0.5) is 0 Å². The molecule has 1 amide bonds. The van der Waals surface area contributed by atoms with Crippen molar-refractivity contribution in [3.8, 4) is 0 Å². The van der Waals surface area contributed by atoms with Crippen LogP contribution in [0.2, 0.25) is 0 Å². The lowest BCUT2D eigenvalue weighted by atomic mass is 9.82. The first kappa shape index (κ1) is 15.0. The molecule has 0 aromatic rings. The highest BCUT2D eigenvalue weighted by Gasteiger charge is 2.35. The molecule has 2 aliphatic rings. The Morgan fingerprint density at radius 3 is 2.50 bits per heavy atom. The molecule has 2 atom stereocenters. The number of rotatable bonds is 7. The van der Waals surface area contributed by atoms with Gasteiger partial charge < -0.3 is 14.7 Å². The molecular formula is C15H23NO4. The van der Waals surface area contributed by atoms with Crippen LogP contribution in [-0.4, -0.2) is 48.7 Å². The molecule has 0 radical (unpaired) electrons. The van der Waals surface area contributed by atoms with Crippen molar-refractivity contribution >= 4 is 11.9 Å². The van der Waals surface area contributed by atoms with Crippen molar-refractivity contribution < 1.29 is 19.4 Å². The summed E-state index contributed by atoms with van der Waals surface area (Å²) in [5.41, 5.74) is 0. The topological polar surface area (TPSA) is 66.8 Å². The van der Waals surface area contributed by atoms with Crippen molar-refractivity contribution in [1.29, 1.82) is 0 Å². The average Bonchev–Trinajstić information content (AvgIpc) is 3.26. The van der Waals surface area contributed by atoms with Crippen LogP contribution in [0.5, 0.6) is 0 Å². The fourth-order valence-corrected chi connectivity index (χ4v) is 2.49. The second-order valence-electron chi connectivity index (χ2n) is 5.77. The number of likely N-dealkylation sites (N-methyl/N-ethyl adjacent to an activating group) is 1. The Balaban J connectivity index is 1.78. The fraction of sp³-hybridized carbons (Fsp3) is 0.733. The van der Waals surface area contributed by atoms with Gasteiger partial charge in [0.25, 0.3) is 0 Å². The van der Waals surface area contributed by atoms with Gasteiger partial charge in [-0.15, -0.1) is 0 Å². The molecule has 0 bridgehead atoms. The zero-order chi connectivity index (χ0) is 14.5. The third kappa shape index (κ3) is 4.07. The van der Waals surface area contributed by atoms with Crippen LogP contribution < -0.4 is 0 Å². The highest BCUT2D eigenvalue weighted by atomic mass is 16.5. The van der Waals surface area contributed by atoms with Crippen molar-refractivity contribution in [3.05, 3.63) is 12.2 Å². The van der Waals surface area contributed by atoms with Crippen LogP contribution in [0, 0.1) is 17.8 Å². The summed E-state index contributed by atoms with van der Waals surface area (Å²) in [7, 11) is 1.72. The van der Waals surface area contributed by atoms with Crippen LogP contribution in [0.1, 0.15) is 25.7 Å². The van der Waals surface area contributed by atoms with Crippen LogP contribution in [0.15, 0.2) is 12.2 Å². The van der Waals surface area contributed by atoms with Gasteiger partial charge in [0.1, 0.15) is 0 Å². The molecule has 1 fully saturated rings. The standard InChI is InChI=1S/C15H23NO4/c1-16(8-9-20-10-11-6-7-11)14(17)12-4-2-3-5-13(12)15(18)19/h2-3,11-13H,4-10H2,1H3,(H,18,19).